The van der Waals surface area contributed by atoms with Crippen LogP contribution in [0, 0.1) is 5.41 Å². The third-order valence-electron chi connectivity index (χ3n) is 2.51. The summed E-state index contributed by atoms with van der Waals surface area (Å²) in [5.41, 5.74) is -0.00232. The normalized spacial score (nSPS) is 10.7. The average molecular weight is 265 g/mol. The van der Waals surface area contributed by atoms with Gasteiger partial charge in [0.05, 0.1) is 12.5 Å². The van der Waals surface area contributed by atoms with Gasteiger partial charge in [0.2, 0.25) is 5.91 Å². The molecule has 1 amide bonds. The Kier molecular flexibility index (Phi) is 4.92. The average Bonchev–Trinajstić information content (AvgIpc) is 2.36. The van der Waals surface area contributed by atoms with Gasteiger partial charge in [-0.25, -0.2) is 0 Å². The first kappa shape index (κ1) is 15.0. The molecule has 0 bridgehead atoms. The molecule has 5 heteroatoms. The van der Waals surface area contributed by atoms with Gasteiger partial charge >= 0.3 is 5.97 Å². The number of methoxy groups -OCH3 is 1. The lowest BCUT2D eigenvalue weighted by molar-refractivity contribution is -0.152. The van der Waals surface area contributed by atoms with Crippen LogP contribution in [0.1, 0.15) is 20.8 Å². The van der Waals surface area contributed by atoms with Gasteiger partial charge < -0.3 is 14.8 Å². The largest absolute Gasteiger partial charge is 0.492 e. The molecule has 0 saturated heterocycles. The lowest BCUT2D eigenvalue weighted by atomic mass is 9.95. The molecule has 1 N–H and O–H groups in total. The van der Waals surface area contributed by atoms with E-state index in [9.17, 15) is 9.59 Å². The van der Waals surface area contributed by atoms with Crippen LogP contribution < -0.4 is 10.1 Å². The second kappa shape index (κ2) is 6.22. The molecule has 1 aromatic rings. The third-order valence-corrected chi connectivity index (χ3v) is 2.51. The molecule has 1 rings (SSSR count). The van der Waals surface area contributed by atoms with Crippen molar-refractivity contribution in [1.82, 2.24) is 0 Å². The molecule has 0 aromatic heterocycles. The van der Waals surface area contributed by atoms with E-state index in [2.05, 4.69) is 5.32 Å². The maximum absolute atomic E-state index is 11.5. The maximum Gasteiger partial charge on any atom is 0.314 e. The maximum atomic E-state index is 11.5. The Balaban J connectivity index is 2.59. The van der Waals surface area contributed by atoms with E-state index >= 15 is 0 Å². The monoisotopic (exact) mass is 265 g/mol. The zero-order chi connectivity index (χ0) is 14.5. The summed E-state index contributed by atoms with van der Waals surface area (Å²) in [5, 5.41) is 2.66. The standard InChI is InChI=1S/C14H19NO4/c1-10(16)15-11-5-7-12(8-6-11)19-9-14(2,3)13(17)18-4/h5-8H,9H2,1-4H3,(H,15,16). The summed E-state index contributed by atoms with van der Waals surface area (Å²) in [5.74, 6) is 0.189. The number of amides is 1. The number of nitrogens with one attached hydrogen (secondary N) is 1. The first-order chi connectivity index (χ1) is 8.85. The molecular weight excluding hydrogens is 246 g/mol. The minimum Gasteiger partial charge on any atom is -0.492 e. The van der Waals surface area contributed by atoms with Gasteiger partial charge in [-0.3, -0.25) is 9.59 Å². The summed E-state index contributed by atoms with van der Waals surface area (Å²) in [6, 6.07) is 6.95. The summed E-state index contributed by atoms with van der Waals surface area (Å²) in [4.78, 5) is 22.4. The van der Waals surface area contributed by atoms with Crippen molar-refractivity contribution in [3.8, 4) is 5.75 Å². The van der Waals surface area contributed by atoms with Crippen molar-refractivity contribution >= 4 is 17.6 Å². The molecule has 5 nitrogen and oxygen atoms in total. The van der Waals surface area contributed by atoms with Crippen LogP contribution in [0.4, 0.5) is 5.69 Å². The van der Waals surface area contributed by atoms with Crippen LogP contribution in [0.15, 0.2) is 24.3 Å². The van der Waals surface area contributed by atoms with Gasteiger partial charge in [-0.05, 0) is 38.1 Å². The molecule has 0 unspecified atom stereocenters. The van der Waals surface area contributed by atoms with Crippen LogP contribution in [0.2, 0.25) is 0 Å². The number of carbonyl (C=O) groups excluding carboxylic acids is 2. The SMILES string of the molecule is COC(=O)C(C)(C)COc1ccc(NC(C)=O)cc1. The predicted molar refractivity (Wildman–Crippen MR) is 72.0 cm³/mol. The van der Waals surface area contributed by atoms with Crippen molar-refractivity contribution in [2.45, 2.75) is 20.8 Å². The minimum atomic E-state index is -0.703. The highest BCUT2D eigenvalue weighted by molar-refractivity contribution is 5.88. The van der Waals surface area contributed by atoms with Crippen molar-refractivity contribution in [3.63, 3.8) is 0 Å². The fourth-order valence-corrected chi connectivity index (χ4v) is 1.44. The zero-order valence-corrected chi connectivity index (χ0v) is 11.6. The first-order valence-electron chi connectivity index (χ1n) is 5.94. The van der Waals surface area contributed by atoms with Gasteiger partial charge in [0.15, 0.2) is 0 Å². The number of hydrogen-bond donors (Lipinski definition) is 1. The minimum absolute atomic E-state index is 0.125. The fourth-order valence-electron chi connectivity index (χ4n) is 1.44. The summed E-state index contributed by atoms with van der Waals surface area (Å²) in [7, 11) is 1.35. The molecule has 1 aromatic carbocycles. The van der Waals surface area contributed by atoms with E-state index < -0.39 is 5.41 Å². The highest BCUT2D eigenvalue weighted by Gasteiger charge is 2.29. The van der Waals surface area contributed by atoms with Crippen LogP contribution in [-0.2, 0) is 14.3 Å². The van der Waals surface area contributed by atoms with E-state index in [0.29, 0.717) is 11.4 Å². The number of rotatable bonds is 5. The lowest BCUT2D eigenvalue weighted by Gasteiger charge is -2.21. The Morgan fingerprint density at radius 2 is 1.79 bits per heavy atom. The van der Waals surface area contributed by atoms with E-state index in [1.54, 1.807) is 38.1 Å². The van der Waals surface area contributed by atoms with Crippen molar-refractivity contribution in [1.29, 1.82) is 0 Å². The van der Waals surface area contributed by atoms with Crippen LogP contribution >= 0.6 is 0 Å². The van der Waals surface area contributed by atoms with Gasteiger partial charge in [-0.15, -0.1) is 0 Å². The summed E-state index contributed by atoms with van der Waals surface area (Å²) >= 11 is 0. The zero-order valence-electron chi connectivity index (χ0n) is 11.6. The molecule has 0 saturated carbocycles. The molecule has 0 radical (unpaired) electrons. The molecule has 0 aliphatic rings. The smallest absolute Gasteiger partial charge is 0.314 e. The van der Waals surface area contributed by atoms with Crippen molar-refractivity contribution in [2.24, 2.45) is 5.41 Å². The molecular formula is C14H19NO4. The van der Waals surface area contributed by atoms with Gasteiger partial charge in [0, 0.05) is 12.6 Å². The van der Waals surface area contributed by atoms with E-state index in [1.165, 1.54) is 14.0 Å². The Bertz CT molecular complexity index is 451. The van der Waals surface area contributed by atoms with Crippen LogP contribution in [0.5, 0.6) is 5.75 Å². The van der Waals surface area contributed by atoms with Crippen molar-refractivity contribution in [3.05, 3.63) is 24.3 Å². The van der Waals surface area contributed by atoms with Crippen LogP contribution in [0.3, 0.4) is 0 Å². The van der Waals surface area contributed by atoms with Crippen LogP contribution in [0.25, 0.3) is 0 Å². The second-order valence-electron chi connectivity index (χ2n) is 4.87. The van der Waals surface area contributed by atoms with E-state index in [4.69, 9.17) is 9.47 Å². The number of anilines is 1. The first-order valence-corrected chi connectivity index (χ1v) is 5.94. The highest BCUT2D eigenvalue weighted by Crippen LogP contribution is 2.21. The lowest BCUT2D eigenvalue weighted by Crippen LogP contribution is -2.32. The van der Waals surface area contributed by atoms with Gasteiger partial charge in [0.25, 0.3) is 0 Å². The fraction of sp³-hybridized carbons (Fsp3) is 0.429. The predicted octanol–water partition coefficient (Wildman–Crippen LogP) is 2.22. The molecule has 0 heterocycles. The molecule has 0 fully saturated rings. The van der Waals surface area contributed by atoms with Crippen molar-refractivity contribution < 1.29 is 19.1 Å². The molecule has 0 aliphatic carbocycles. The van der Waals surface area contributed by atoms with E-state index in [-0.39, 0.29) is 18.5 Å². The van der Waals surface area contributed by atoms with E-state index in [1.807, 2.05) is 0 Å². The van der Waals surface area contributed by atoms with Gasteiger partial charge in [-0.1, -0.05) is 0 Å². The Labute approximate surface area is 112 Å². The van der Waals surface area contributed by atoms with Gasteiger partial charge in [0.1, 0.15) is 12.4 Å². The quantitative estimate of drug-likeness (QED) is 0.829. The topological polar surface area (TPSA) is 64.6 Å². The second-order valence-corrected chi connectivity index (χ2v) is 4.87. The Morgan fingerprint density at radius 1 is 1.21 bits per heavy atom. The summed E-state index contributed by atoms with van der Waals surface area (Å²) < 4.78 is 10.2. The molecule has 104 valence electrons. The number of hydrogen-bond acceptors (Lipinski definition) is 4. The third kappa shape index (κ3) is 4.62. The van der Waals surface area contributed by atoms with Crippen molar-refractivity contribution in [2.75, 3.05) is 19.0 Å². The van der Waals surface area contributed by atoms with Crippen LogP contribution in [-0.4, -0.2) is 25.6 Å². The Hall–Kier alpha value is -2.04. The highest BCUT2D eigenvalue weighted by atomic mass is 16.5. The number of benzene rings is 1. The summed E-state index contributed by atoms with van der Waals surface area (Å²) in [6.07, 6.45) is 0. The number of carbonyl (C=O) groups is 2. The van der Waals surface area contributed by atoms with E-state index in [0.717, 1.165) is 0 Å². The molecule has 0 aliphatic heterocycles. The number of esters is 1. The number of ether oxygens (including phenoxy) is 2. The van der Waals surface area contributed by atoms with Gasteiger partial charge in [-0.2, -0.15) is 0 Å². The molecule has 0 spiro atoms. The molecule has 0 atom stereocenters. The molecule has 19 heavy (non-hydrogen) atoms. The summed E-state index contributed by atoms with van der Waals surface area (Å²) in [6.45, 7) is 5.18. The Morgan fingerprint density at radius 3 is 2.26 bits per heavy atom.